The van der Waals surface area contributed by atoms with E-state index in [1.807, 2.05) is 0 Å². The summed E-state index contributed by atoms with van der Waals surface area (Å²) >= 11 is 0. The molecular weight excluding hydrogens is 285 g/mol. The summed E-state index contributed by atoms with van der Waals surface area (Å²) in [6.45, 7) is 0.960. The van der Waals surface area contributed by atoms with Crippen LogP contribution in [0.1, 0.15) is 6.92 Å². The maximum Gasteiger partial charge on any atom is 0.340 e. The van der Waals surface area contributed by atoms with Gasteiger partial charge in [-0.05, 0) is 5.92 Å². The van der Waals surface area contributed by atoms with Gasteiger partial charge in [-0.2, -0.15) is 0 Å². The Morgan fingerprint density at radius 2 is 1.19 bits per heavy atom. The van der Waals surface area contributed by atoms with Gasteiger partial charge in [-0.3, -0.25) is 13.7 Å². The summed E-state index contributed by atoms with van der Waals surface area (Å²) in [5.41, 5.74) is 0. The molecule has 16 heavy (non-hydrogen) atoms. The summed E-state index contributed by atoms with van der Waals surface area (Å²) in [6.07, 6.45) is -1.01. The van der Waals surface area contributed by atoms with E-state index in [1.165, 1.54) is 0 Å². The Hall–Kier alpha value is 0.450. The molecule has 0 rings (SSSR count). The van der Waals surface area contributed by atoms with Gasteiger partial charge in [0.25, 0.3) is 0 Å². The van der Waals surface area contributed by atoms with E-state index in [4.69, 9.17) is 29.4 Å². The third-order valence-corrected chi connectivity index (χ3v) is 6.98. The fraction of sp³-hybridized carbons (Fsp3) is 1.00. The number of hydrogen-bond donors (Lipinski definition) is 6. The van der Waals surface area contributed by atoms with Crippen LogP contribution in [-0.2, 0) is 13.7 Å². The Kier molecular flexibility index (Phi) is 5.12. The lowest BCUT2D eigenvalue weighted by Gasteiger charge is -2.25. The van der Waals surface area contributed by atoms with Gasteiger partial charge in [0.1, 0.15) is 0 Å². The van der Waals surface area contributed by atoms with E-state index in [2.05, 4.69) is 0 Å². The van der Waals surface area contributed by atoms with Crippen LogP contribution in [0.25, 0.3) is 0 Å². The summed E-state index contributed by atoms with van der Waals surface area (Å²) in [6, 6.07) is 0. The third kappa shape index (κ3) is 5.68. The minimum atomic E-state index is -5.15. The van der Waals surface area contributed by atoms with Crippen LogP contribution in [0.15, 0.2) is 0 Å². The molecule has 0 aliphatic heterocycles. The molecule has 0 saturated carbocycles. The molecule has 0 amide bonds. The Balaban J connectivity index is 5.18. The van der Waals surface area contributed by atoms with Crippen LogP contribution in [-0.4, -0.2) is 40.9 Å². The van der Waals surface area contributed by atoms with Crippen molar-refractivity contribution in [1.82, 2.24) is 0 Å². The van der Waals surface area contributed by atoms with Crippen LogP contribution in [0.2, 0.25) is 0 Å². The average Bonchev–Trinajstić information content (AvgIpc) is 1.70. The molecule has 0 radical (unpaired) electrons. The molecule has 0 fully saturated rings. The molecule has 0 aromatic rings. The van der Waals surface area contributed by atoms with Gasteiger partial charge in [-0.15, -0.1) is 0 Å². The summed E-state index contributed by atoms with van der Waals surface area (Å²) in [7, 11) is -14.9. The molecule has 0 aliphatic rings. The summed E-state index contributed by atoms with van der Waals surface area (Å²) in [5, 5.41) is -2.40. The molecule has 0 saturated heterocycles. The van der Waals surface area contributed by atoms with Gasteiger partial charge in [0.15, 0.2) is 5.40 Å². The zero-order chi connectivity index (χ0) is 13.4. The largest absolute Gasteiger partial charge is 0.340 e. The highest BCUT2D eigenvalue weighted by atomic mass is 31.2. The predicted molar refractivity (Wildman–Crippen MR) is 54.0 cm³/mol. The second-order valence-electron chi connectivity index (χ2n) is 3.42. The molecule has 0 spiro atoms. The van der Waals surface area contributed by atoms with Gasteiger partial charge in [-0.1, -0.05) is 6.92 Å². The molecule has 12 heteroatoms. The second kappa shape index (κ2) is 4.98. The van der Waals surface area contributed by atoms with Crippen molar-refractivity contribution >= 4 is 22.8 Å². The van der Waals surface area contributed by atoms with E-state index in [0.717, 1.165) is 6.92 Å². The smallest absolute Gasteiger partial charge is 0.324 e. The highest BCUT2D eigenvalue weighted by Crippen LogP contribution is 2.64. The highest BCUT2D eigenvalue weighted by Gasteiger charge is 2.48. The molecule has 0 heterocycles. The van der Waals surface area contributed by atoms with Crippen LogP contribution in [0.5, 0.6) is 0 Å². The van der Waals surface area contributed by atoms with Crippen LogP contribution in [0, 0.1) is 5.92 Å². The zero-order valence-electron chi connectivity index (χ0n) is 8.11. The minimum absolute atomic E-state index is 0.960. The van der Waals surface area contributed by atoms with E-state index < -0.39 is 40.3 Å². The topological polar surface area (TPSA) is 173 Å². The van der Waals surface area contributed by atoms with Crippen LogP contribution in [0.4, 0.5) is 0 Å². The standard InChI is InChI=1S/C4H13O9P3/c1-3(2-14(5,6)7)4(15(8,9)10)16(11,12)13/h3-4H,2H2,1H3,(H2,5,6,7)(H2,8,9,10)(H2,11,12,13). The van der Waals surface area contributed by atoms with Crippen molar-refractivity contribution in [3.63, 3.8) is 0 Å². The molecule has 9 nitrogen and oxygen atoms in total. The van der Waals surface area contributed by atoms with E-state index >= 15 is 0 Å². The highest BCUT2D eigenvalue weighted by molar-refractivity contribution is 7.71. The van der Waals surface area contributed by atoms with E-state index in [-0.39, 0.29) is 0 Å². The molecule has 98 valence electrons. The SMILES string of the molecule is CC(CP(=O)(O)O)C(P(=O)(O)O)P(=O)(O)O. The molecule has 1 atom stereocenters. The summed E-state index contributed by atoms with van der Waals surface area (Å²) in [5.74, 6) is -1.51. The lowest BCUT2D eigenvalue weighted by molar-refractivity contribution is 0.319. The normalized spacial score (nSPS) is 16.5. The molecule has 0 bridgehead atoms. The van der Waals surface area contributed by atoms with Crippen molar-refractivity contribution in [1.29, 1.82) is 0 Å². The first-order valence-electron chi connectivity index (χ1n) is 3.90. The first-order valence-corrected chi connectivity index (χ1v) is 9.06. The lowest BCUT2D eigenvalue weighted by atomic mass is 10.3. The molecular formula is C4H13O9P3. The molecule has 0 aliphatic carbocycles. The molecule has 1 unspecified atom stereocenters. The van der Waals surface area contributed by atoms with Gasteiger partial charge in [0.05, 0.1) is 6.16 Å². The predicted octanol–water partition coefficient (Wildman–Crippen LogP) is -0.518. The molecule has 0 aromatic heterocycles. The Bertz CT molecular complexity index is 350. The van der Waals surface area contributed by atoms with E-state index in [1.54, 1.807) is 0 Å². The van der Waals surface area contributed by atoms with Gasteiger partial charge in [0, 0.05) is 0 Å². The third-order valence-electron chi connectivity index (χ3n) is 1.72. The maximum absolute atomic E-state index is 10.9. The van der Waals surface area contributed by atoms with Gasteiger partial charge >= 0.3 is 22.8 Å². The van der Waals surface area contributed by atoms with Gasteiger partial charge in [0.2, 0.25) is 0 Å². The Labute approximate surface area is 91.0 Å². The summed E-state index contributed by atoms with van der Waals surface area (Å²) < 4.78 is 32.3. The van der Waals surface area contributed by atoms with E-state index in [9.17, 15) is 13.7 Å². The fourth-order valence-corrected chi connectivity index (χ4v) is 5.73. The Morgan fingerprint density at radius 3 is 1.38 bits per heavy atom. The monoisotopic (exact) mass is 298 g/mol. The van der Waals surface area contributed by atoms with Crippen molar-refractivity contribution in [2.45, 2.75) is 12.3 Å². The van der Waals surface area contributed by atoms with Crippen molar-refractivity contribution in [2.24, 2.45) is 5.92 Å². The van der Waals surface area contributed by atoms with Crippen LogP contribution >= 0.6 is 22.8 Å². The number of hydrogen-bond acceptors (Lipinski definition) is 3. The second-order valence-corrected chi connectivity index (χ2v) is 8.99. The van der Waals surface area contributed by atoms with E-state index in [0.29, 0.717) is 0 Å². The van der Waals surface area contributed by atoms with Crippen molar-refractivity contribution in [3.8, 4) is 0 Å². The average molecular weight is 298 g/mol. The van der Waals surface area contributed by atoms with Gasteiger partial charge in [-0.25, -0.2) is 0 Å². The lowest BCUT2D eigenvalue weighted by Crippen LogP contribution is -2.22. The Morgan fingerprint density at radius 1 is 0.875 bits per heavy atom. The zero-order valence-corrected chi connectivity index (χ0v) is 10.8. The number of rotatable bonds is 5. The minimum Gasteiger partial charge on any atom is -0.324 e. The first-order chi connectivity index (χ1) is 6.75. The molecule has 0 aromatic carbocycles. The van der Waals surface area contributed by atoms with Crippen molar-refractivity contribution in [3.05, 3.63) is 0 Å². The van der Waals surface area contributed by atoms with Crippen molar-refractivity contribution < 1.29 is 43.1 Å². The first kappa shape index (κ1) is 16.4. The maximum atomic E-state index is 10.9. The fourth-order valence-electron chi connectivity index (χ4n) is 1.33. The van der Waals surface area contributed by atoms with Crippen molar-refractivity contribution in [2.75, 3.05) is 6.16 Å². The molecule has 6 N–H and O–H groups in total. The summed E-state index contributed by atoms with van der Waals surface area (Å²) in [4.78, 5) is 52.1. The van der Waals surface area contributed by atoms with Gasteiger partial charge < -0.3 is 29.4 Å². The van der Waals surface area contributed by atoms with Crippen LogP contribution in [0.3, 0.4) is 0 Å². The van der Waals surface area contributed by atoms with Crippen LogP contribution < -0.4 is 0 Å². The quantitative estimate of drug-likeness (QED) is 0.365.